The summed E-state index contributed by atoms with van der Waals surface area (Å²) in [6.45, 7) is 1.74. The van der Waals surface area contributed by atoms with E-state index >= 15 is 0 Å². The van der Waals surface area contributed by atoms with Gasteiger partial charge >= 0.3 is 12.1 Å². The Labute approximate surface area is 113 Å². The van der Waals surface area contributed by atoms with Crippen LogP contribution in [0.5, 0.6) is 0 Å². The van der Waals surface area contributed by atoms with Gasteiger partial charge in [0.1, 0.15) is 6.04 Å². The van der Waals surface area contributed by atoms with E-state index in [1.54, 1.807) is 6.92 Å². The van der Waals surface area contributed by atoms with Gasteiger partial charge in [-0.2, -0.15) is 13.2 Å². The zero-order valence-electron chi connectivity index (χ0n) is 10.7. The number of hydrogen-bond donors (Lipinski definition) is 2. The van der Waals surface area contributed by atoms with Crippen molar-refractivity contribution in [3.05, 3.63) is 35.4 Å². The summed E-state index contributed by atoms with van der Waals surface area (Å²) in [5.41, 5.74) is -1.17. The molecular weight excluding hydrogens is 275 g/mol. The summed E-state index contributed by atoms with van der Waals surface area (Å²) in [5.74, 6) is -2.05. The number of carbonyl (C=O) groups excluding carboxylic acids is 1. The molecule has 1 atom stereocenters. The maximum absolute atomic E-state index is 12.5. The highest BCUT2D eigenvalue weighted by molar-refractivity contribution is 5.96. The molecule has 0 fully saturated rings. The van der Waals surface area contributed by atoms with Crippen molar-refractivity contribution in [3.63, 3.8) is 0 Å². The molecule has 1 aromatic carbocycles. The van der Waals surface area contributed by atoms with Crippen LogP contribution < -0.4 is 5.32 Å². The second-order valence-electron chi connectivity index (χ2n) is 4.23. The van der Waals surface area contributed by atoms with Gasteiger partial charge in [0.05, 0.1) is 5.56 Å². The van der Waals surface area contributed by atoms with E-state index in [0.29, 0.717) is 12.5 Å². The van der Waals surface area contributed by atoms with E-state index in [1.165, 1.54) is 6.07 Å². The normalized spacial score (nSPS) is 12.8. The van der Waals surface area contributed by atoms with E-state index in [2.05, 4.69) is 5.32 Å². The third kappa shape index (κ3) is 4.25. The van der Waals surface area contributed by atoms with Crippen LogP contribution in [0.4, 0.5) is 13.2 Å². The molecule has 1 amide bonds. The van der Waals surface area contributed by atoms with E-state index in [9.17, 15) is 22.8 Å². The maximum Gasteiger partial charge on any atom is 0.416 e. The third-order valence-electron chi connectivity index (χ3n) is 2.63. The van der Waals surface area contributed by atoms with Crippen LogP contribution in [0, 0.1) is 0 Å². The first-order valence-electron chi connectivity index (χ1n) is 5.96. The standard InChI is InChI=1S/C13H14F3NO3/c1-2-4-10(12(19)20)17-11(18)8-5-3-6-9(7-8)13(14,15)16/h3,5-7,10H,2,4H2,1H3,(H,17,18)(H,19,20). The van der Waals surface area contributed by atoms with Crippen LogP contribution in [0.3, 0.4) is 0 Å². The van der Waals surface area contributed by atoms with Gasteiger partial charge in [-0.3, -0.25) is 4.79 Å². The molecule has 0 aliphatic heterocycles. The third-order valence-corrected chi connectivity index (χ3v) is 2.63. The van der Waals surface area contributed by atoms with Crippen molar-refractivity contribution in [1.29, 1.82) is 0 Å². The highest BCUT2D eigenvalue weighted by atomic mass is 19.4. The molecule has 0 spiro atoms. The lowest BCUT2D eigenvalue weighted by Crippen LogP contribution is -2.40. The molecule has 0 saturated carbocycles. The van der Waals surface area contributed by atoms with Crippen molar-refractivity contribution in [2.24, 2.45) is 0 Å². The fourth-order valence-electron chi connectivity index (χ4n) is 1.62. The number of aliphatic carboxylic acids is 1. The fourth-order valence-corrected chi connectivity index (χ4v) is 1.62. The zero-order chi connectivity index (χ0) is 15.3. The highest BCUT2D eigenvalue weighted by Crippen LogP contribution is 2.29. The molecule has 0 heterocycles. The number of hydrogen-bond acceptors (Lipinski definition) is 2. The van der Waals surface area contributed by atoms with Gasteiger partial charge < -0.3 is 10.4 Å². The Kier molecular flexibility index (Phi) is 5.12. The molecular formula is C13H14F3NO3. The summed E-state index contributed by atoms with van der Waals surface area (Å²) >= 11 is 0. The second kappa shape index (κ2) is 6.40. The molecule has 1 aromatic rings. The fraction of sp³-hybridized carbons (Fsp3) is 0.385. The number of nitrogens with one attached hydrogen (secondary N) is 1. The molecule has 0 bridgehead atoms. The number of benzene rings is 1. The first-order valence-corrected chi connectivity index (χ1v) is 5.96. The van der Waals surface area contributed by atoms with Gasteiger partial charge in [-0.1, -0.05) is 19.4 Å². The molecule has 110 valence electrons. The number of amides is 1. The van der Waals surface area contributed by atoms with Gasteiger partial charge in [0, 0.05) is 5.56 Å². The van der Waals surface area contributed by atoms with Crippen LogP contribution in [-0.2, 0) is 11.0 Å². The second-order valence-corrected chi connectivity index (χ2v) is 4.23. The number of halogens is 3. The van der Waals surface area contributed by atoms with Crippen LogP contribution >= 0.6 is 0 Å². The highest BCUT2D eigenvalue weighted by Gasteiger charge is 2.31. The van der Waals surface area contributed by atoms with Gasteiger partial charge in [0.15, 0.2) is 0 Å². The summed E-state index contributed by atoms with van der Waals surface area (Å²) < 4.78 is 37.6. The van der Waals surface area contributed by atoms with Crippen LogP contribution in [0.25, 0.3) is 0 Å². The summed E-state index contributed by atoms with van der Waals surface area (Å²) in [6.07, 6.45) is -3.81. The minimum absolute atomic E-state index is 0.208. The maximum atomic E-state index is 12.5. The van der Waals surface area contributed by atoms with Crippen molar-refractivity contribution >= 4 is 11.9 Å². The molecule has 0 aromatic heterocycles. The van der Waals surface area contributed by atoms with Gasteiger partial charge in [-0.15, -0.1) is 0 Å². The molecule has 0 aliphatic carbocycles. The Morgan fingerprint density at radius 3 is 2.50 bits per heavy atom. The molecule has 7 heteroatoms. The van der Waals surface area contributed by atoms with Crippen LogP contribution in [-0.4, -0.2) is 23.0 Å². The number of rotatable bonds is 5. The molecule has 1 unspecified atom stereocenters. The molecule has 0 radical (unpaired) electrons. The van der Waals surface area contributed by atoms with E-state index in [-0.39, 0.29) is 12.0 Å². The van der Waals surface area contributed by atoms with Crippen LogP contribution in [0.1, 0.15) is 35.7 Å². The predicted octanol–water partition coefficient (Wildman–Crippen LogP) is 2.69. The molecule has 0 aliphatic rings. The van der Waals surface area contributed by atoms with Gasteiger partial charge in [0.2, 0.25) is 0 Å². The Morgan fingerprint density at radius 1 is 1.35 bits per heavy atom. The number of alkyl halides is 3. The van der Waals surface area contributed by atoms with Gasteiger partial charge in [0.25, 0.3) is 5.91 Å². The van der Waals surface area contributed by atoms with E-state index < -0.39 is 29.7 Å². The van der Waals surface area contributed by atoms with Gasteiger partial charge in [-0.05, 0) is 24.6 Å². The summed E-state index contributed by atoms with van der Waals surface area (Å²) in [5, 5.41) is 11.1. The van der Waals surface area contributed by atoms with Crippen molar-refractivity contribution in [2.75, 3.05) is 0 Å². The van der Waals surface area contributed by atoms with Crippen molar-refractivity contribution < 1.29 is 27.9 Å². The van der Waals surface area contributed by atoms with Crippen molar-refractivity contribution in [2.45, 2.75) is 32.0 Å². The molecule has 2 N–H and O–H groups in total. The number of carbonyl (C=O) groups is 2. The lowest BCUT2D eigenvalue weighted by molar-refractivity contribution is -0.139. The average molecular weight is 289 g/mol. The monoisotopic (exact) mass is 289 g/mol. The summed E-state index contributed by atoms with van der Waals surface area (Å²) in [6, 6.07) is 2.74. The average Bonchev–Trinajstić information content (AvgIpc) is 2.37. The Bertz CT molecular complexity index is 500. The van der Waals surface area contributed by atoms with E-state index in [1.807, 2.05) is 0 Å². The Morgan fingerprint density at radius 2 is 2.00 bits per heavy atom. The topological polar surface area (TPSA) is 66.4 Å². The first kappa shape index (κ1) is 16.0. The zero-order valence-corrected chi connectivity index (χ0v) is 10.7. The molecule has 4 nitrogen and oxygen atoms in total. The van der Waals surface area contributed by atoms with E-state index in [0.717, 1.165) is 12.1 Å². The lowest BCUT2D eigenvalue weighted by Gasteiger charge is -2.14. The van der Waals surface area contributed by atoms with Crippen molar-refractivity contribution in [1.82, 2.24) is 5.32 Å². The molecule has 1 rings (SSSR count). The minimum Gasteiger partial charge on any atom is -0.480 e. The van der Waals surface area contributed by atoms with Crippen LogP contribution in [0.2, 0.25) is 0 Å². The first-order chi connectivity index (χ1) is 9.25. The van der Waals surface area contributed by atoms with Gasteiger partial charge in [-0.25, -0.2) is 4.79 Å². The van der Waals surface area contributed by atoms with E-state index in [4.69, 9.17) is 5.11 Å². The number of carboxylic acid groups (broad SMARTS) is 1. The summed E-state index contributed by atoms with van der Waals surface area (Å²) in [7, 11) is 0. The molecule has 0 saturated heterocycles. The smallest absolute Gasteiger partial charge is 0.416 e. The van der Waals surface area contributed by atoms with Crippen molar-refractivity contribution in [3.8, 4) is 0 Å². The largest absolute Gasteiger partial charge is 0.480 e. The van der Waals surface area contributed by atoms with Crippen LogP contribution in [0.15, 0.2) is 24.3 Å². The number of carboxylic acids is 1. The quantitative estimate of drug-likeness (QED) is 0.875. The minimum atomic E-state index is -4.55. The predicted molar refractivity (Wildman–Crippen MR) is 65.2 cm³/mol. The summed E-state index contributed by atoms with van der Waals surface area (Å²) in [4.78, 5) is 22.7. The Hall–Kier alpha value is -2.05. The molecule has 20 heavy (non-hydrogen) atoms. The SMILES string of the molecule is CCCC(NC(=O)c1cccc(C(F)(F)F)c1)C(=O)O. The Balaban J connectivity index is 2.89. The lowest BCUT2D eigenvalue weighted by atomic mass is 10.1.